The molecule has 0 atom stereocenters. The first-order valence-corrected chi connectivity index (χ1v) is 13.6. The van der Waals surface area contributed by atoms with Crippen molar-refractivity contribution in [2.45, 2.75) is 4.90 Å². The highest BCUT2D eigenvalue weighted by molar-refractivity contribution is 7.90. The van der Waals surface area contributed by atoms with E-state index in [1.165, 1.54) is 51.7 Å². The third-order valence-corrected chi connectivity index (χ3v) is 8.52. The summed E-state index contributed by atoms with van der Waals surface area (Å²) in [5.74, 6) is -0.889. The summed E-state index contributed by atoms with van der Waals surface area (Å²) in [6.45, 7) is 7.21. The molecule has 0 spiro atoms. The van der Waals surface area contributed by atoms with E-state index in [0.717, 1.165) is 0 Å². The molecule has 0 aliphatic rings. The Labute approximate surface area is 221 Å². The SMILES string of the molecule is [C-]#[N+]c1ccc(OCC(=O)O)cc1-c1c(-c2cccs2)n(S(=O)(=O)c2ccc(Cl)cc2)c2ccccc12. The largest absolute Gasteiger partial charge is 0.482 e. The zero-order chi connectivity index (χ0) is 26.2. The van der Waals surface area contributed by atoms with Gasteiger partial charge in [-0.25, -0.2) is 22.0 Å². The number of carbonyl (C=O) groups is 1. The number of nitrogens with zero attached hydrogens (tertiary/aromatic N) is 2. The van der Waals surface area contributed by atoms with Crippen LogP contribution in [-0.2, 0) is 14.8 Å². The van der Waals surface area contributed by atoms with Gasteiger partial charge < -0.3 is 9.84 Å². The average molecular weight is 549 g/mol. The number of carboxylic acid groups (broad SMARTS) is 1. The Morgan fingerprint density at radius 3 is 2.49 bits per heavy atom. The number of hydrogen-bond donors (Lipinski definition) is 1. The van der Waals surface area contributed by atoms with E-state index in [-0.39, 0.29) is 16.3 Å². The lowest BCUT2D eigenvalue weighted by molar-refractivity contribution is -0.139. The maximum absolute atomic E-state index is 14.1. The molecule has 7 nitrogen and oxygen atoms in total. The van der Waals surface area contributed by atoms with Gasteiger partial charge in [0.15, 0.2) is 12.3 Å². The fraction of sp³-hybridized carbons (Fsp3) is 0.0370. The number of fused-ring (bicyclic) bond motifs is 1. The zero-order valence-corrected chi connectivity index (χ0v) is 21.3. The third kappa shape index (κ3) is 4.47. The van der Waals surface area contributed by atoms with Gasteiger partial charge in [0.1, 0.15) is 5.75 Å². The maximum Gasteiger partial charge on any atom is 0.341 e. The smallest absolute Gasteiger partial charge is 0.341 e. The number of ether oxygens (including phenoxy) is 1. The quantitative estimate of drug-likeness (QED) is 0.222. The van der Waals surface area contributed by atoms with E-state index in [1.54, 1.807) is 30.3 Å². The number of benzene rings is 3. The summed E-state index contributed by atoms with van der Waals surface area (Å²) in [6.07, 6.45) is 0. The number of para-hydroxylation sites is 1. The van der Waals surface area contributed by atoms with E-state index in [2.05, 4.69) is 4.85 Å². The summed E-state index contributed by atoms with van der Waals surface area (Å²) in [6, 6.07) is 21.3. The van der Waals surface area contributed by atoms with Crippen molar-refractivity contribution in [3.63, 3.8) is 0 Å². The molecule has 1 N–H and O–H groups in total. The molecule has 0 saturated heterocycles. The van der Waals surface area contributed by atoms with Crippen molar-refractivity contribution in [3.05, 3.63) is 101 Å². The first-order chi connectivity index (χ1) is 17.8. The van der Waals surface area contributed by atoms with Gasteiger partial charge in [0.2, 0.25) is 0 Å². The highest BCUT2D eigenvalue weighted by atomic mass is 35.5. The number of carboxylic acids is 1. The van der Waals surface area contributed by atoms with Crippen molar-refractivity contribution < 1.29 is 23.1 Å². The van der Waals surface area contributed by atoms with Crippen LogP contribution in [-0.4, -0.2) is 30.1 Å². The second-order valence-corrected chi connectivity index (χ2v) is 11.1. The fourth-order valence-electron chi connectivity index (χ4n) is 4.13. The van der Waals surface area contributed by atoms with Crippen molar-refractivity contribution in [3.8, 4) is 27.4 Å². The summed E-state index contributed by atoms with van der Waals surface area (Å²) in [5, 5.41) is 11.9. The summed E-state index contributed by atoms with van der Waals surface area (Å²) < 4.78 is 34.9. The van der Waals surface area contributed by atoms with Crippen LogP contribution in [0.25, 0.3) is 37.4 Å². The molecule has 0 saturated carbocycles. The normalized spacial score (nSPS) is 11.4. The molecule has 0 unspecified atom stereocenters. The Kier molecular flexibility index (Phi) is 6.48. The minimum absolute atomic E-state index is 0.0611. The molecule has 0 fully saturated rings. The predicted molar refractivity (Wildman–Crippen MR) is 144 cm³/mol. The van der Waals surface area contributed by atoms with Gasteiger partial charge >= 0.3 is 5.97 Å². The van der Waals surface area contributed by atoms with Gasteiger partial charge in [-0.15, -0.1) is 11.3 Å². The molecule has 5 aromatic rings. The van der Waals surface area contributed by atoms with Gasteiger partial charge in [-0.2, -0.15) is 0 Å². The van der Waals surface area contributed by atoms with Crippen LogP contribution in [0.1, 0.15) is 0 Å². The van der Waals surface area contributed by atoms with Crippen molar-refractivity contribution >= 4 is 55.5 Å². The molecule has 5 rings (SSSR count). The Morgan fingerprint density at radius 1 is 1.05 bits per heavy atom. The molecule has 0 radical (unpaired) electrons. The van der Waals surface area contributed by atoms with Crippen LogP contribution >= 0.6 is 22.9 Å². The van der Waals surface area contributed by atoms with E-state index in [1.807, 2.05) is 17.5 Å². The van der Waals surface area contributed by atoms with Crippen molar-refractivity contribution in [1.29, 1.82) is 0 Å². The minimum atomic E-state index is -4.10. The molecule has 2 aromatic heterocycles. The molecule has 10 heteroatoms. The fourth-order valence-corrected chi connectivity index (χ4v) is 6.62. The van der Waals surface area contributed by atoms with Crippen molar-refractivity contribution in [2.75, 3.05) is 6.61 Å². The van der Waals surface area contributed by atoms with Gasteiger partial charge in [0.05, 0.1) is 27.6 Å². The minimum Gasteiger partial charge on any atom is -0.482 e. The summed E-state index contributed by atoms with van der Waals surface area (Å²) >= 11 is 7.38. The number of halogens is 1. The van der Waals surface area contributed by atoms with Crippen molar-refractivity contribution in [2.24, 2.45) is 0 Å². The lowest BCUT2D eigenvalue weighted by Gasteiger charge is -2.14. The summed E-state index contributed by atoms with van der Waals surface area (Å²) in [7, 11) is -4.10. The molecule has 37 heavy (non-hydrogen) atoms. The van der Waals surface area contributed by atoms with Gasteiger partial charge in [-0.1, -0.05) is 41.9 Å². The number of thiophene rings is 1. The molecule has 0 aliphatic heterocycles. The predicted octanol–water partition coefficient (Wildman–Crippen LogP) is 6.94. The highest BCUT2D eigenvalue weighted by Gasteiger charge is 2.30. The molecule has 0 aliphatic carbocycles. The number of rotatable bonds is 7. The second-order valence-electron chi connectivity index (χ2n) is 7.91. The highest BCUT2D eigenvalue weighted by Crippen LogP contribution is 2.47. The molecule has 0 amide bonds. The summed E-state index contributed by atoms with van der Waals surface area (Å²) in [5.41, 5.74) is 2.06. The van der Waals surface area contributed by atoms with Crippen LogP contribution in [0.4, 0.5) is 5.69 Å². The lowest BCUT2D eigenvalue weighted by atomic mass is 9.99. The van der Waals surface area contributed by atoms with Crippen LogP contribution in [0.3, 0.4) is 0 Å². The van der Waals surface area contributed by atoms with E-state index >= 15 is 0 Å². The third-order valence-electron chi connectivity index (χ3n) is 5.66. The average Bonchev–Trinajstić information content (AvgIpc) is 3.54. The van der Waals surface area contributed by atoms with E-state index in [9.17, 15) is 13.2 Å². The number of aliphatic carboxylic acids is 1. The van der Waals surface area contributed by atoms with Crippen LogP contribution in [0.15, 0.2) is 89.1 Å². The monoisotopic (exact) mass is 548 g/mol. The molecular weight excluding hydrogens is 532 g/mol. The van der Waals surface area contributed by atoms with Gasteiger partial charge in [-0.3, -0.25) is 0 Å². The molecule has 184 valence electrons. The van der Waals surface area contributed by atoms with E-state index in [0.29, 0.717) is 37.6 Å². The van der Waals surface area contributed by atoms with Gasteiger partial charge in [0.25, 0.3) is 10.0 Å². The van der Waals surface area contributed by atoms with Crippen LogP contribution in [0, 0.1) is 6.57 Å². The Hall–Kier alpha value is -4.10. The molecular formula is C27H17ClN2O5S2. The lowest BCUT2D eigenvalue weighted by Crippen LogP contribution is -2.14. The van der Waals surface area contributed by atoms with Crippen LogP contribution in [0.2, 0.25) is 5.02 Å². The first-order valence-electron chi connectivity index (χ1n) is 10.9. The van der Waals surface area contributed by atoms with Crippen molar-refractivity contribution in [1.82, 2.24) is 3.97 Å². The first kappa shape index (κ1) is 24.6. The second kappa shape index (κ2) is 9.75. The Balaban J connectivity index is 1.89. The Morgan fingerprint density at radius 2 is 1.81 bits per heavy atom. The van der Waals surface area contributed by atoms with Gasteiger partial charge in [0, 0.05) is 16.0 Å². The van der Waals surface area contributed by atoms with Gasteiger partial charge in [-0.05, 0) is 59.5 Å². The maximum atomic E-state index is 14.1. The zero-order valence-electron chi connectivity index (χ0n) is 19.0. The number of aromatic nitrogens is 1. The molecule has 0 bridgehead atoms. The van der Waals surface area contributed by atoms with Crippen LogP contribution < -0.4 is 4.74 Å². The van der Waals surface area contributed by atoms with E-state index < -0.39 is 22.6 Å². The molecule has 2 heterocycles. The topological polar surface area (TPSA) is 90.0 Å². The number of hydrogen-bond acceptors (Lipinski definition) is 5. The standard InChI is InChI=1S/C27H17ClN2O5S2/c1-29-22-13-10-18(35-16-25(31)32)15-21(22)26-20-5-2-3-6-23(20)30(27(26)24-7-4-14-36-24)37(33,34)19-11-8-17(28)9-12-19/h2-15H,16H2,(H,31,32). The summed E-state index contributed by atoms with van der Waals surface area (Å²) in [4.78, 5) is 15.5. The van der Waals surface area contributed by atoms with Crippen LogP contribution in [0.5, 0.6) is 5.75 Å². The Bertz CT molecular complexity index is 1790. The molecule has 3 aromatic carbocycles. The van der Waals surface area contributed by atoms with E-state index in [4.69, 9.17) is 28.0 Å².